The van der Waals surface area contributed by atoms with Crippen LogP contribution in [0.2, 0.25) is 0 Å². The number of aromatic nitrogens is 2. The fraction of sp³-hybridized carbons (Fsp3) is 0.654. The molecule has 6 nitrogen and oxygen atoms in total. The lowest BCUT2D eigenvalue weighted by Gasteiger charge is -2.34. The van der Waals surface area contributed by atoms with E-state index in [0.29, 0.717) is 0 Å². The maximum absolute atomic E-state index is 4.63. The van der Waals surface area contributed by atoms with Gasteiger partial charge in [-0.05, 0) is 88.9 Å². The molecule has 174 valence electrons. The van der Waals surface area contributed by atoms with Crippen molar-refractivity contribution in [1.82, 2.24) is 24.9 Å². The summed E-state index contributed by atoms with van der Waals surface area (Å²) >= 11 is 0. The van der Waals surface area contributed by atoms with Crippen molar-refractivity contribution in [2.24, 2.45) is 5.92 Å². The average molecular weight is 437 g/mol. The van der Waals surface area contributed by atoms with Crippen LogP contribution in [-0.4, -0.2) is 85.0 Å². The van der Waals surface area contributed by atoms with Gasteiger partial charge in [-0.2, -0.15) is 5.10 Å². The smallest absolute Gasteiger partial charge is 0.0568 e. The molecule has 2 saturated heterocycles. The highest BCUT2D eigenvalue weighted by atomic mass is 15.3. The molecule has 1 aromatic heterocycles. The Kier molecular flexibility index (Phi) is 7.10. The normalized spacial score (nSPS) is 21.3. The van der Waals surface area contributed by atoms with Gasteiger partial charge in [0.25, 0.3) is 0 Å². The van der Waals surface area contributed by atoms with E-state index in [0.717, 1.165) is 44.7 Å². The number of piperazine rings is 1. The third-order valence-electron chi connectivity index (χ3n) is 7.54. The Labute approximate surface area is 193 Å². The number of nitrogens with one attached hydrogen (secondary N) is 1. The lowest BCUT2D eigenvalue weighted by Crippen LogP contribution is -2.44. The van der Waals surface area contributed by atoms with Gasteiger partial charge in [-0.1, -0.05) is 12.1 Å². The number of nitrogens with zero attached hydrogens (tertiary/aromatic N) is 5. The van der Waals surface area contributed by atoms with E-state index in [1.165, 1.54) is 75.1 Å². The van der Waals surface area contributed by atoms with Crippen molar-refractivity contribution in [2.75, 3.05) is 64.3 Å². The topological polar surface area (TPSA) is 39.6 Å². The molecular weight excluding hydrogens is 396 g/mol. The molecule has 3 aliphatic rings. The Bertz CT molecular complexity index is 826. The van der Waals surface area contributed by atoms with E-state index in [1.807, 2.05) is 6.20 Å². The van der Waals surface area contributed by atoms with Crippen molar-refractivity contribution < 1.29 is 0 Å². The second-order valence-corrected chi connectivity index (χ2v) is 10.2. The highest BCUT2D eigenvalue weighted by Gasteiger charge is 2.24. The van der Waals surface area contributed by atoms with Crippen LogP contribution in [0.15, 0.2) is 36.7 Å². The highest BCUT2D eigenvalue weighted by molar-refractivity contribution is 5.65. The van der Waals surface area contributed by atoms with E-state index in [-0.39, 0.29) is 0 Å². The zero-order valence-electron chi connectivity index (χ0n) is 19.8. The molecule has 3 heterocycles. The zero-order chi connectivity index (χ0) is 21.8. The summed E-state index contributed by atoms with van der Waals surface area (Å²) in [5.74, 6) is 0.988. The molecule has 6 heteroatoms. The minimum absolute atomic E-state index is 0.753. The van der Waals surface area contributed by atoms with E-state index >= 15 is 0 Å². The number of benzene rings is 1. The fourth-order valence-corrected chi connectivity index (χ4v) is 5.04. The number of likely N-dealkylation sites (tertiary alicyclic amines) is 1. The Morgan fingerprint density at radius 3 is 2.34 bits per heavy atom. The molecule has 0 amide bonds. The number of aryl methyl sites for hydroxylation is 1. The number of piperidine rings is 1. The van der Waals surface area contributed by atoms with Crippen LogP contribution >= 0.6 is 0 Å². The van der Waals surface area contributed by atoms with Gasteiger partial charge in [-0.3, -0.25) is 4.68 Å². The molecule has 1 N–H and O–H groups in total. The number of anilines is 1. The number of hydrogen-bond donors (Lipinski definition) is 1. The molecule has 2 aliphatic heterocycles. The summed E-state index contributed by atoms with van der Waals surface area (Å²) in [7, 11) is 2.20. The molecule has 32 heavy (non-hydrogen) atoms. The van der Waals surface area contributed by atoms with Gasteiger partial charge < -0.3 is 20.0 Å². The molecule has 0 spiro atoms. The van der Waals surface area contributed by atoms with Crippen LogP contribution in [0.5, 0.6) is 0 Å². The first-order chi connectivity index (χ1) is 15.7. The Hall–Kier alpha value is -1.89. The molecule has 2 aromatic rings. The molecule has 0 radical (unpaired) electrons. The molecule has 1 aromatic carbocycles. The van der Waals surface area contributed by atoms with Gasteiger partial charge in [0.15, 0.2) is 0 Å². The quantitative estimate of drug-likeness (QED) is 0.654. The number of likely N-dealkylation sites (N-methyl/N-ethyl adjacent to an activating group) is 1. The van der Waals surface area contributed by atoms with Crippen molar-refractivity contribution in [3.05, 3.63) is 36.7 Å². The Morgan fingerprint density at radius 2 is 1.62 bits per heavy atom. The Morgan fingerprint density at radius 1 is 0.875 bits per heavy atom. The van der Waals surface area contributed by atoms with Crippen molar-refractivity contribution in [1.29, 1.82) is 0 Å². The van der Waals surface area contributed by atoms with Gasteiger partial charge >= 0.3 is 0 Å². The van der Waals surface area contributed by atoms with Gasteiger partial charge in [-0.25, -0.2) is 0 Å². The fourth-order valence-electron chi connectivity index (χ4n) is 5.04. The van der Waals surface area contributed by atoms with Crippen LogP contribution in [0.1, 0.15) is 32.1 Å². The monoisotopic (exact) mass is 436 g/mol. The van der Waals surface area contributed by atoms with Crippen molar-refractivity contribution in [3.63, 3.8) is 0 Å². The first-order valence-corrected chi connectivity index (χ1v) is 12.7. The van der Waals surface area contributed by atoms with E-state index in [1.54, 1.807) is 0 Å². The second-order valence-electron chi connectivity index (χ2n) is 10.2. The number of rotatable bonds is 9. The second kappa shape index (κ2) is 10.4. The first-order valence-electron chi connectivity index (χ1n) is 12.7. The van der Waals surface area contributed by atoms with E-state index in [9.17, 15) is 0 Å². The molecule has 0 atom stereocenters. The Balaban J connectivity index is 1.04. The first kappa shape index (κ1) is 21.9. The third-order valence-corrected chi connectivity index (χ3v) is 7.54. The van der Waals surface area contributed by atoms with Gasteiger partial charge in [-0.15, -0.1) is 0 Å². The molecule has 1 aliphatic carbocycles. The van der Waals surface area contributed by atoms with E-state index in [2.05, 4.69) is 67.3 Å². The summed E-state index contributed by atoms with van der Waals surface area (Å²) in [6.07, 6.45) is 10.9. The van der Waals surface area contributed by atoms with Gasteiger partial charge in [0, 0.05) is 56.2 Å². The van der Waals surface area contributed by atoms with Crippen molar-refractivity contribution in [2.45, 2.75) is 44.7 Å². The largest absolute Gasteiger partial charge is 0.369 e. The number of hydrogen-bond acceptors (Lipinski definition) is 5. The maximum atomic E-state index is 4.63. The molecule has 1 saturated carbocycles. The van der Waals surface area contributed by atoms with E-state index < -0.39 is 0 Å². The third kappa shape index (κ3) is 5.91. The van der Waals surface area contributed by atoms with Crippen molar-refractivity contribution in [3.8, 4) is 11.1 Å². The minimum Gasteiger partial charge on any atom is -0.369 e. The minimum atomic E-state index is 0.753. The van der Waals surface area contributed by atoms with Gasteiger partial charge in [0.2, 0.25) is 0 Å². The maximum Gasteiger partial charge on any atom is 0.0568 e. The summed E-state index contributed by atoms with van der Waals surface area (Å²) in [6.45, 7) is 10.4. The van der Waals surface area contributed by atoms with Gasteiger partial charge in [0.05, 0.1) is 6.20 Å². The molecule has 0 unspecified atom stereocenters. The lowest BCUT2D eigenvalue weighted by molar-refractivity contribution is 0.192. The van der Waals surface area contributed by atoms with E-state index in [4.69, 9.17) is 0 Å². The average Bonchev–Trinajstić information content (AvgIpc) is 3.55. The van der Waals surface area contributed by atoms with Crippen LogP contribution in [0.4, 0.5) is 5.69 Å². The molecule has 3 fully saturated rings. The van der Waals surface area contributed by atoms with Crippen LogP contribution < -0.4 is 10.2 Å². The predicted molar refractivity (Wildman–Crippen MR) is 132 cm³/mol. The van der Waals surface area contributed by atoms with Gasteiger partial charge in [0.1, 0.15) is 0 Å². The molecule has 0 bridgehead atoms. The van der Waals surface area contributed by atoms with Crippen LogP contribution in [-0.2, 0) is 6.54 Å². The molecule has 5 rings (SSSR count). The zero-order valence-corrected chi connectivity index (χ0v) is 19.8. The van der Waals surface area contributed by atoms with Crippen molar-refractivity contribution >= 4 is 5.69 Å². The summed E-state index contributed by atoms with van der Waals surface area (Å²) in [5, 5.41) is 8.41. The predicted octanol–water partition coefficient (Wildman–Crippen LogP) is 3.16. The summed E-state index contributed by atoms with van der Waals surface area (Å²) in [6, 6.07) is 9.78. The summed E-state index contributed by atoms with van der Waals surface area (Å²) < 4.78 is 2.12. The standard InChI is InChI=1S/C26H40N6/c1-29-15-17-31(18-16-29)26-7-5-23(6-8-26)24-20-28-32(21-24)12-2-11-30-13-9-25(10-14-30)27-19-22-3-4-22/h5-8,20-22,25,27H,2-4,9-19H2,1H3. The van der Waals surface area contributed by atoms with Crippen LogP contribution in [0.25, 0.3) is 11.1 Å². The summed E-state index contributed by atoms with van der Waals surface area (Å²) in [5.41, 5.74) is 3.81. The highest BCUT2D eigenvalue weighted by Crippen LogP contribution is 2.28. The van der Waals surface area contributed by atoms with Crippen LogP contribution in [0.3, 0.4) is 0 Å². The SMILES string of the molecule is CN1CCN(c2ccc(-c3cnn(CCCN4CCC(NCC5CC5)CC4)c3)cc2)CC1. The molecular formula is C26H40N6. The summed E-state index contributed by atoms with van der Waals surface area (Å²) in [4.78, 5) is 7.52. The van der Waals surface area contributed by atoms with Crippen LogP contribution in [0, 0.1) is 5.92 Å². The lowest BCUT2D eigenvalue weighted by atomic mass is 10.0.